The Morgan fingerprint density at radius 2 is 1.95 bits per heavy atom. The summed E-state index contributed by atoms with van der Waals surface area (Å²) >= 11 is 0. The summed E-state index contributed by atoms with van der Waals surface area (Å²) in [5.41, 5.74) is 5.78. The fourth-order valence-electron chi connectivity index (χ4n) is 3.90. The standard InChI is InChI=1S/C17H33N3O/c1-17(2)8-4-3-7-15(17)16(21)20-12-6-11-19(13-14-20)10-5-9-18/h15H,3-14,18H2,1-2H3. The van der Waals surface area contributed by atoms with Gasteiger partial charge in [-0.25, -0.2) is 0 Å². The highest BCUT2D eigenvalue weighted by molar-refractivity contribution is 5.79. The molecule has 2 aliphatic rings. The molecule has 2 fully saturated rings. The molecule has 0 spiro atoms. The zero-order chi connectivity index (χ0) is 15.3. The van der Waals surface area contributed by atoms with E-state index in [4.69, 9.17) is 5.73 Å². The van der Waals surface area contributed by atoms with Crippen molar-refractivity contribution in [2.45, 2.75) is 52.4 Å². The lowest BCUT2D eigenvalue weighted by atomic mass is 9.68. The minimum atomic E-state index is 0.181. The van der Waals surface area contributed by atoms with E-state index in [1.54, 1.807) is 0 Å². The molecule has 1 aliphatic heterocycles. The summed E-state index contributed by atoms with van der Waals surface area (Å²) in [6.45, 7) is 10.3. The largest absolute Gasteiger partial charge is 0.341 e. The van der Waals surface area contributed by atoms with Gasteiger partial charge >= 0.3 is 0 Å². The summed E-state index contributed by atoms with van der Waals surface area (Å²) in [6, 6.07) is 0. The highest BCUT2D eigenvalue weighted by Crippen LogP contribution is 2.41. The first-order valence-corrected chi connectivity index (χ1v) is 8.76. The maximum Gasteiger partial charge on any atom is 0.226 e. The quantitative estimate of drug-likeness (QED) is 0.864. The Kier molecular flexibility index (Phi) is 6.06. The second-order valence-corrected chi connectivity index (χ2v) is 7.45. The van der Waals surface area contributed by atoms with Crippen molar-refractivity contribution in [2.24, 2.45) is 17.1 Å². The molecule has 122 valence electrons. The monoisotopic (exact) mass is 295 g/mol. The van der Waals surface area contributed by atoms with Crippen LogP contribution in [0.4, 0.5) is 0 Å². The van der Waals surface area contributed by atoms with E-state index in [-0.39, 0.29) is 11.3 Å². The fraction of sp³-hybridized carbons (Fsp3) is 0.941. The third-order valence-corrected chi connectivity index (χ3v) is 5.38. The van der Waals surface area contributed by atoms with E-state index in [0.29, 0.717) is 5.91 Å². The Balaban J connectivity index is 1.90. The van der Waals surface area contributed by atoms with Gasteiger partial charge in [0.05, 0.1) is 0 Å². The maximum atomic E-state index is 12.9. The molecule has 4 heteroatoms. The smallest absolute Gasteiger partial charge is 0.226 e. The predicted molar refractivity (Wildman–Crippen MR) is 87.0 cm³/mol. The van der Waals surface area contributed by atoms with E-state index >= 15 is 0 Å². The molecule has 0 aromatic rings. The average Bonchev–Trinajstić information content (AvgIpc) is 2.69. The molecule has 0 aromatic carbocycles. The molecule has 0 radical (unpaired) electrons. The third kappa shape index (κ3) is 4.43. The number of hydrogen-bond donors (Lipinski definition) is 1. The zero-order valence-corrected chi connectivity index (χ0v) is 13.9. The van der Waals surface area contributed by atoms with Crippen LogP contribution in [0.15, 0.2) is 0 Å². The SMILES string of the molecule is CC1(C)CCCCC1C(=O)N1CCCN(CCCN)CC1. The van der Waals surface area contributed by atoms with Crippen molar-refractivity contribution in [1.29, 1.82) is 0 Å². The highest BCUT2D eigenvalue weighted by atomic mass is 16.2. The number of nitrogens with two attached hydrogens (primary N) is 1. The molecule has 1 aliphatic carbocycles. The van der Waals surface area contributed by atoms with Gasteiger partial charge in [-0.05, 0) is 50.7 Å². The minimum Gasteiger partial charge on any atom is -0.341 e. The normalized spacial score (nSPS) is 27.4. The first-order chi connectivity index (χ1) is 10.0. The zero-order valence-electron chi connectivity index (χ0n) is 13.9. The molecular formula is C17H33N3O. The minimum absolute atomic E-state index is 0.181. The molecule has 1 atom stereocenters. The molecule has 1 unspecified atom stereocenters. The van der Waals surface area contributed by atoms with Crippen molar-refractivity contribution in [2.75, 3.05) is 39.3 Å². The van der Waals surface area contributed by atoms with E-state index in [0.717, 1.165) is 58.5 Å². The first-order valence-electron chi connectivity index (χ1n) is 8.76. The van der Waals surface area contributed by atoms with Crippen molar-refractivity contribution in [1.82, 2.24) is 9.80 Å². The number of carbonyl (C=O) groups is 1. The van der Waals surface area contributed by atoms with Gasteiger partial charge in [0, 0.05) is 25.6 Å². The molecular weight excluding hydrogens is 262 g/mol. The lowest BCUT2D eigenvalue weighted by Crippen LogP contribution is -2.45. The second kappa shape index (κ2) is 7.59. The molecule has 1 heterocycles. The summed E-state index contributed by atoms with van der Waals surface area (Å²) in [5, 5.41) is 0. The number of amides is 1. The van der Waals surface area contributed by atoms with Crippen molar-refractivity contribution in [3.05, 3.63) is 0 Å². The number of nitrogens with zero attached hydrogens (tertiary/aromatic N) is 2. The van der Waals surface area contributed by atoms with E-state index in [9.17, 15) is 4.79 Å². The van der Waals surface area contributed by atoms with Crippen LogP contribution in [0.25, 0.3) is 0 Å². The van der Waals surface area contributed by atoms with Crippen molar-refractivity contribution in [3.63, 3.8) is 0 Å². The van der Waals surface area contributed by atoms with Gasteiger partial charge in [0.15, 0.2) is 0 Å². The second-order valence-electron chi connectivity index (χ2n) is 7.45. The van der Waals surface area contributed by atoms with Gasteiger partial charge in [0.25, 0.3) is 0 Å². The van der Waals surface area contributed by atoms with Gasteiger partial charge in [-0.2, -0.15) is 0 Å². The van der Waals surface area contributed by atoms with Crippen LogP contribution in [-0.4, -0.2) is 55.0 Å². The molecule has 2 N–H and O–H groups in total. The van der Waals surface area contributed by atoms with Crippen molar-refractivity contribution < 1.29 is 4.79 Å². The summed E-state index contributed by atoms with van der Waals surface area (Å²) in [4.78, 5) is 17.5. The molecule has 4 nitrogen and oxygen atoms in total. The molecule has 1 saturated carbocycles. The van der Waals surface area contributed by atoms with E-state index in [1.165, 1.54) is 19.3 Å². The van der Waals surface area contributed by atoms with Gasteiger partial charge in [0.1, 0.15) is 0 Å². The van der Waals surface area contributed by atoms with Crippen LogP contribution in [0, 0.1) is 11.3 Å². The molecule has 1 saturated heterocycles. The van der Waals surface area contributed by atoms with Crippen LogP contribution < -0.4 is 5.73 Å². The summed E-state index contributed by atoms with van der Waals surface area (Å²) in [6.07, 6.45) is 6.94. The topological polar surface area (TPSA) is 49.6 Å². The highest BCUT2D eigenvalue weighted by Gasteiger charge is 2.39. The first kappa shape index (κ1) is 16.8. The molecule has 2 rings (SSSR count). The summed E-state index contributed by atoms with van der Waals surface area (Å²) in [5.74, 6) is 0.655. The number of hydrogen-bond acceptors (Lipinski definition) is 3. The fourth-order valence-corrected chi connectivity index (χ4v) is 3.90. The van der Waals surface area contributed by atoms with E-state index in [1.807, 2.05) is 0 Å². The lowest BCUT2D eigenvalue weighted by Gasteiger charge is -2.40. The van der Waals surface area contributed by atoms with Crippen molar-refractivity contribution >= 4 is 5.91 Å². The van der Waals surface area contributed by atoms with Crippen LogP contribution in [0.5, 0.6) is 0 Å². The van der Waals surface area contributed by atoms with Gasteiger partial charge in [-0.15, -0.1) is 0 Å². The molecule has 0 bridgehead atoms. The van der Waals surface area contributed by atoms with Crippen LogP contribution in [0.3, 0.4) is 0 Å². The van der Waals surface area contributed by atoms with Crippen LogP contribution in [0.2, 0.25) is 0 Å². The van der Waals surface area contributed by atoms with Gasteiger partial charge < -0.3 is 15.5 Å². The van der Waals surface area contributed by atoms with Gasteiger partial charge in [0.2, 0.25) is 5.91 Å². The Morgan fingerprint density at radius 1 is 1.14 bits per heavy atom. The van der Waals surface area contributed by atoms with Crippen LogP contribution in [-0.2, 0) is 4.79 Å². The lowest BCUT2D eigenvalue weighted by molar-refractivity contribution is -0.141. The molecule has 0 aromatic heterocycles. The Labute approximate surface area is 130 Å². The van der Waals surface area contributed by atoms with E-state index < -0.39 is 0 Å². The summed E-state index contributed by atoms with van der Waals surface area (Å²) in [7, 11) is 0. The summed E-state index contributed by atoms with van der Waals surface area (Å²) < 4.78 is 0. The third-order valence-electron chi connectivity index (χ3n) is 5.38. The molecule has 21 heavy (non-hydrogen) atoms. The van der Waals surface area contributed by atoms with Gasteiger partial charge in [-0.1, -0.05) is 26.7 Å². The van der Waals surface area contributed by atoms with E-state index in [2.05, 4.69) is 23.6 Å². The maximum absolute atomic E-state index is 12.9. The van der Waals surface area contributed by atoms with Gasteiger partial charge in [-0.3, -0.25) is 4.79 Å². The Morgan fingerprint density at radius 3 is 2.67 bits per heavy atom. The van der Waals surface area contributed by atoms with Crippen molar-refractivity contribution in [3.8, 4) is 0 Å². The number of rotatable bonds is 4. The number of carbonyl (C=O) groups excluding carboxylic acids is 1. The Hall–Kier alpha value is -0.610. The Bertz CT molecular complexity index is 343. The molecule has 1 amide bonds. The predicted octanol–water partition coefficient (Wildman–Crippen LogP) is 2.09. The van der Waals surface area contributed by atoms with Crippen LogP contribution in [0.1, 0.15) is 52.4 Å². The average molecular weight is 295 g/mol. The van der Waals surface area contributed by atoms with Crippen LogP contribution >= 0.6 is 0 Å².